The highest BCUT2D eigenvalue weighted by Crippen LogP contribution is 2.28. The van der Waals surface area contributed by atoms with Gasteiger partial charge in [0, 0.05) is 13.1 Å². The van der Waals surface area contributed by atoms with Gasteiger partial charge in [-0.1, -0.05) is 30.3 Å². The minimum absolute atomic E-state index is 0.243. The molecule has 0 aromatic heterocycles. The average molecular weight is 337 g/mol. The summed E-state index contributed by atoms with van der Waals surface area (Å²) in [4.78, 5) is 14.3. The number of sulfone groups is 1. The first-order valence-corrected chi connectivity index (χ1v) is 10.0. The molecule has 0 bridgehead atoms. The molecule has 1 heterocycles. The second-order valence-electron chi connectivity index (χ2n) is 6.64. The third kappa shape index (κ3) is 4.14. The molecule has 1 amide bonds. The Balaban J connectivity index is 2.04. The molecule has 0 saturated carbocycles. The van der Waals surface area contributed by atoms with Gasteiger partial charge < -0.3 is 4.90 Å². The summed E-state index contributed by atoms with van der Waals surface area (Å²) in [5.41, 5.74) is 1.31. The van der Waals surface area contributed by atoms with Gasteiger partial charge >= 0.3 is 0 Å². The SMILES string of the molecule is CC(C)S(=O)(=O)[C@H](C)C(=O)N1CCC[C@@H](c2ccccc2)CC1. The van der Waals surface area contributed by atoms with Crippen LogP contribution in [0.3, 0.4) is 0 Å². The van der Waals surface area contributed by atoms with E-state index >= 15 is 0 Å². The smallest absolute Gasteiger partial charge is 0.240 e. The molecular formula is C18H27NO3S. The summed E-state index contributed by atoms with van der Waals surface area (Å²) in [6, 6.07) is 10.4. The quantitative estimate of drug-likeness (QED) is 0.849. The molecule has 1 saturated heterocycles. The van der Waals surface area contributed by atoms with E-state index < -0.39 is 20.3 Å². The molecule has 1 aliphatic heterocycles. The number of amides is 1. The summed E-state index contributed by atoms with van der Waals surface area (Å²) >= 11 is 0. The Bertz CT molecular complexity index is 625. The van der Waals surface area contributed by atoms with Crippen molar-refractivity contribution in [2.24, 2.45) is 0 Å². The molecule has 1 aromatic carbocycles. The number of carbonyl (C=O) groups excluding carboxylic acids is 1. The van der Waals surface area contributed by atoms with Gasteiger partial charge in [0.15, 0.2) is 9.84 Å². The molecule has 5 heteroatoms. The van der Waals surface area contributed by atoms with Crippen molar-refractivity contribution in [1.82, 2.24) is 4.90 Å². The second-order valence-corrected chi connectivity index (χ2v) is 9.47. The van der Waals surface area contributed by atoms with E-state index in [1.807, 2.05) is 18.2 Å². The lowest BCUT2D eigenvalue weighted by Gasteiger charge is -2.25. The van der Waals surface area contributed by atoms with Crippen LogP contribution in [-0.4, -0.2) is 42.8 Å². The van der Waals surface area contributed by atoms with E-state index in [4.69, 9.17) is 0 Å². The first-order valence-electron chi connectivity index (χ1n) is 8.40. The van der Waals surface area contributed by atoms with Gasteiger partial charge in [-0.25, -0.2) is 8.42 Å². The van der Waals surface area contributed by atoms with E-state index in [-0.39, 0.29) is 5.91 Å². The lowest BCUT2D eigenvalue weighted by Crippen LogP contribution is -2.44. The van der Waals surface area contributed by atoms with Crippen LogP contribution in [0.4, 0.5) is 0 Å². The molecule has 1 aromatic rings. The van der Waals surface area contributed by atoms with E-state index in [0.29, 0.717) is 19.0 Å². The second kappa shape index (κ2) is 7.47. The summed E-state index contributed by atoms with van der Waals surface area (Å²) < 4.78 is 24.5. The van der Waals surface area contributed by atoms with E-state index in [0.717, 1.165) is 19.3 Å². The summed E-state index contributed by atoms with van der Waals surface area (Å²) in [6.45, 7) is 6.08. The lowest BCUT2D eigenvalue weighted by molar-refractivity contribution is -0.130. The zero-order valence-corrected chi connectivity index (χ0v) is 15.1. The molecule has 0 spiro atoms. The molecular weight excluding hydrogens is 310 g/mol. The molecule has 0 aliphatic carbocycles. The number of carbonyl (C=O) groups is 1. The highest BCUT2D eigenvalue weighted by atomic mass is 32.2. The van der Waals surface area contributed by atoms with Crippen molar-refractivity contribution in [2.45, 2.75) is 56.5 Å². The molecule has 23 heavy (non-hydrogen) atoms. The first-order chi connectivity index (χ1) is 10.8. The Morgan fingerprint density at radius 2 is 1.74 bits per heavy atom. The number of rotatable bonds is 4. The van der Waals surface area contributed by atoms with Crippen molar-refractivity contribution in [2.75, 3.05) is 13.1 Å². The van der Waals surface area contributed by atoms with Crippen molar-refractivity contribution in [3.8, 4) is 0 Å². The highest BCUT2D eigenvalue weighted by molar-refractivity contribution is 7.93. The Morgan fingerprint density at radius 3 is 2.35 bits per heavy atom. The summed E-state index contributed by atoms with van der Waals surface area (Å²) in [6.07, 6.45) is 2.85. The summed E-state index contributed by atoms with van der Waals surface area (Å²) in [7, 11) is -3.39. The Hall–Kier alpha value is -1.36. The number of nitrogens with zero attached hydrogens (tertiary/aromatic N) is 1. The monoisotopic (exact) mass is 337 g/mol. The van der Waals surface area contributed by atoms with Crippen LogP contribution in [0.2, 0.25) is 0 Å². The lowest BCUT2D eigenvalue weighted by atomic mass is 9.92. The largest absolute Gasteiger partial charge is 0.342 e. The molecule has 0 radical (unpaired) electrons. The van der Waals surface area contributed by atoms with Crippen LogP contribution in [0, 0.1) is 0 Å². The van der Waals surface area contributed by atoms with Crippen molar-refractivity contribution < 1.29 is 13.2 Å². The van der Waals surface area contributed by atoms with Gasteiger partial charge in [-0.3, -0.25) is 4.79 Å². The van der Waals surface area contributed by atoms with E-state index in [1.54, 1.807) is 18.7 Å². The van der Waals surface area contributed by atoms with Gasteiger partial charge in [0.25, 0.3) is 0 Å². The third-order valence-electron chi connectivity index (χ3n) is 4.81. The van der Waals surface area contributed by atoms with Gasteiger partial charge in [-0.05, 0) is 51.5 Å². The van der Waals surface area contributed by atoms with Crippen molar-refractivity contribution in [3.05, 3.63) is 35.9 Å². The van der Waals surface area contributed by atoms with Gasteiger partial charge in [0.1, 0.15) is 5.25 Å². The van der Waals surface area contributed by atoms with Gasteiger partial charge in [0.2, 0.25) is 5.91 Å². The Labute approximate surface area is 139 Å². The van der Waals surface area contributed by atoms with Crippen LogP contribution in [0.15, 0.2) is 30.3 Å². The van der Waals surface area contributed by atoms with Crippen molar-refractivity contribution >= 4 is 15.7 Å². The molecule has 0 unspecified atom stereocenters. The Morgan fingerprint density at radius 1 is 1.09 bits per heavy atom. The summed E-state index contributed by atoms with van der Waals surface area (Å²) in [5, 5.41) is -1.47. The molecule has 2 atom stereocenters. The van der Waals surface area contributed by atoms with Crippen LogP contribution in [0.1, 0.15) is 51.5 Å². The van der Waals surface area contributed by atoms with E-state index in [9.17, 15) is 13.2 Å². The molecule has 2 rings (SSSR count). The maximum atomic E-state index is 12.6. The molecule has 4 nitrogen and oxygen atoms in total. The predicted octanol–water partition coefficient (Wildman–Crippen LogP) is 2.99. The number of hydrogen-bond acceptors (Lipinski definition) is 3. The first kappa shape index (κ1) is 18.0. The number of hydrogen-bond donors (Lipinski definition) is 0. The maximum Gasteiger partial charge on any atom is 0.240 e. The number of likely N-dealkylation sites (tertiary alicyclic amines) is 1. The predicted molar refractivity (Wildman–Crippen MR) is 93.1 cm³/mol. The van der Waals surface area contributed by atoms with E-state index in [1.165, 1.54) is 12.5 Å². The number of benzene rings is 1. The van der Waals surface area contributed by atoms with Crippen molar-refractivity contribution in [1.29, 1.82) is 0 Å². The molecule has 0 N–H and O–H groups in total. The van der Waals surface area contributed by atoms with Crippen LogP contribution >= 0.6 is 0 Å². The summed E-state index contributed by atoms with van der Waals surface area (Å²) in [5.74, 6) is 0.207. The zero-order chi connectivity index (χ0) is 17.0. The van der Waals surface area contributed by atoms with Crippen LogP contribution in [-0.2, 0) is 14.6 Å². The molecule has 1 fully saturated rings. The molecule has 128 valence electrons. The van der Waals surface area contributed by atoms with Gasteiger partial charge in [0.05, 0.1) is 5.25 Å². The minimum atomic E-state index is -3.39. The molecule has 1 aliphatic rings. The maximum absolute atomic E-state index is 12.6. The standard InChI is InChI=1S/C18H27NO3S/c1-14(2)23(21,22)15(3)18(20)19-12-7-10-17(11-13-19)16-8-5-4-6-9-16/h4-6,8-9,14-15,17H,7,10-13H2,1-3H3/t15-,17-/m1/s1. The van der Waals surface area contributed by atoms with Crippen molar-refractivity contribution in [3.63, 3.8) is 0 Å². The fourth-order valence-electron chi connectivity index (χ4n) is 3.18. The zero-order valence-electron chi connectivity index (χ0n) is 14.2. The highest BCUT2D eigenvalue weighted by Gasteiger charge is 2.34. The fraction of sp³-hybridized carbons (Fsp3) is 0.611. The van der Waals surface area contributed by atoms with Gasteiger partial charge in [-0.2, -0.15) is 0 Å². The van der Waals surface area contributed by atoms with Crippen LogP contribution in [0.5, 0.6) is 0 Å². The van der Waals surface area contributed by atoms with Crippen LogP contribution in [0.25, 0.3) is 0 Å². The van der Waals surface area contributed by atoms with Crippen LogP contribution < -0.4 is 0 Å². The third-order valence-corrected chi connectivity index (χ3v) is 7.31. The van der Waals surface area contributed by atoms with Gasteiger partial charge in [-0.15, -0.1) is 0 Å². The topological polar surface area (TPSA) is 54.5 Å². The van der Waals surface area contributed by atoms with E-state index in [2.05, 4.69) is 12.1 Å². The normalized spacial score (nSPS) is 21.0. The Kier molecular flexibility index (Phi) is 5.84. The average Bonchev–Trinajstić information content (AvgIpc) is 2.80. The minimum Gasteiger partial charge on any atom is -0.342 e. The fourth-order valence-corrected chi connectivity index (χ4v) is 4.43.